The number of carboxylic acids is 1. The molecule has 2 aliphatic heterocycles. The van der Waals surface area contributed by atoms with Crippen LogP contribution in [-0.4, -0.2) is 63.9 Å². The molecule has 0 radical (unpaired) electrons. The van der Waals surface area contributed by atoms with E-state index in [0.717, 1.165) is 49.4 Å². The highest BCUT2D eigenvalue weighted by Gasteiger charge is 2.53. The average molecular weight is 536 g/mol. The lowest BCUT2D eigenvalue weighted by molar-refractivity contribution is -0.161. The number of ether oxygens (including phenoxy) is 1. The summed E-state index contributed by atoms with van der Waals surface area (Å²) < 4.78 is 5.86. The first-order chi connectivity index (χ1) is 18.7. The topological polar surface area (TPSA) is 99.2 Å². The van der Waals surface area contributed by atoms with Gasteiger partial charge in [0, 0.05) is 26.2 Å². The van der Waals surface area contributed by atoms with Gasteiger partial charge in [0.25, 0.3) is 0 Å². The van der Waals surface area contributed by atoms with E-state index in [0.29, 0.717) is 38.3 Å². The molecular formula is C31H41N3O5. The maximum atomic E-state index is 13.4. The third-order valence-electron chi connectivity index (χ3n) is 7.84. The van der Waals surface area contributed by atoms with E-state index in [2.05, 4.69) is 31.0 Å². The number of unbranched alkanes of at least 4 members (excludes halogenated alkanes) is 1. The Morgan fingerprint density at radius 3 is 2.46 bits per heavy atom. The Morgan fingerprint density at radius 1 is 1.10 bits per heavy atom. The first-order valence-corrected chi connectivity index (χ1v) is 14.1. The number of piperazine rings is 1. The summed E-state index contributed by atoms with van der Waals surface area (Å²) in [5, 5.41) is 12.2. The molecule has 2 fully saturated rings. The van der Waals surface area contributed by atoms with Crippen molar-refractivity contribution in [3.8, 4) is 5.75 Å². The highest BCUT2D eigenvalue weighted by molar-refractivity contribution is 6.00. The SMILES string of the molecule is CCCCN1C(=O)[C@H](CC(C)C)NC(=O)C12CCN(Cc1ccc(OCc3cccc(C(=O)O)c3)cc1)CC2. The molecule has 2 aliphatic rings. The molecule has 2 aromatic rings. The smallest absolute Gasteiger partial charge is 0.335 e. The lowest BCUT2D eigenvalue weighted by Crippen LogP contribution is -2.73. The number of nitrogens with one attached hydrogen (secondary N) is 1. The summed E-state index contributed by atoms with van der Waals surface area (Å²) in [6.45, 7) is 9.46. The Kier molecular flexibility index (Phi) is 9.28. The standard InChI is InChI=1S/C31H41N3O5/c1-4-5-15-34-28(35)27(18-22(2)3)32-30(38)31(34)13-16-33(17-14-31)20-23-9-11-26(12-10-23)39-21-24-7-6-8-25(19-24)29(36)37/h6-12,19,22,27H,4-5,13-18,20-21H2,1-3H3,(H,32,38)(H,36,37)/t27-/m0/s1. The van der Waals surface area contributed by atoms with E-state index in [9.17, 15) is 14.4 Å². The number of carbonyl (C=O) groups excluding carboxylic acids is 2. The Morgan fingerprint density at radius 2 is 1.82 bits per heavy atom. The van der Waals surface area contributed by atoms with Crippen LogP contribution in [-0.2, 0) is 22.7 Å². The zero-order valence-electron chi connectivity index (χ0n) is 23.3. The molecule has 4 rings (SSSR count). The zero-order chi connectivity index (χ0) is 28.0. The predicted molar refractivity (Wildman–Crippen MR) is 149 cm³/mol. The normalized spacial score (nSPS) is 19.4. The Labute approximate surface area is 231 Å². The van der Waals surface area contributed by atoms with Crippen molar-refractivity contribution in [2.75, 3.05) is 19.6 Å². The van der Waals surface area contributed by atoms with Gasteiger partial charge < -0.3 is 20.1 Å². The van der Waals surface area contributed by atoms with Gasteiger partial charge in [0.15, 0.2) is 0 Å². The maximum absolute atomic E-state index is 13.4. The van der Waals surface area contributed by atoms with Gasteiger partial charge in [0.1, 0.15) is 23.9 Å². The van der Waals surface area contributed by atoms with Crippen LogP contribution < -0.4 is 10.1 Å². The zero-order valence-corrected chi connectivity index (χ0v) is 23.3. The third kappa shape index (κ3) is 6.79. The molecule has 8 heteroatoms. The van der Waals surface area contributed by atoms with E-state index in [1.807, 2.05) is 35.2 Å². The van der Waals surface area contributed by atoms with Gasteiger partial charge in [-0.05, 0) is 67.0 Å². The van der Waals surface area contributed by atoms with Crippen molar-refractivity contribution < 1.29 is 24.2 Å². The molecule has 1 atom stereocenters. The number of carboxylic acid groups (broad SMARTS) is 1. The van der Waals surface area contributed by atoms with E-state index in [-0.39, 0.29) is 17.4 Å². The van der Waals surface area contributed by atoms with Crippen molar-refractivity contribution in [2.24, 2.45) is 5.92 Å². The van der Waals surface area contributed by atoms with E-state index in [1.165, 1.54) is 0 Å². The molecule has 8 nitrogen and oxygen atoms in total. The van der Waals surface area contributed by atoms with Crippen LogP contribution in [0.2, 0.25) is 0 Å². The van der Waals surface area contributed by atoms with E-state index < -0.39 is 17.6 Å². The number of carbonyl (C=O) groups is 3. The van der Waals surface area contributed by atoms with Crippen molar-refractivity contribution in [3.63, 3.8) is 0 Å². The molecule has 0 aliphatic carbocycles. The summed E-state index contributed by atoms with van der Waals surface area (Å²) in [5.41, 5.74) is 1.45. The maximum Gasteiger partial charge on any atom is 0.335 e. The minimum absolute atomic E-state index is 0.0129. The summed E-state index contributed by atoms with van der Waals surface area (Å²) in [7, 11) is 0. The molecule has 0 aromatic heterocycles. The Balaban J connectivity index is 1.34. The number of rotatable bonds is 11. The van der Waals surface area contributed by atoms with Crippen molar-refractivity contribution in [1.82, 2.24) is 15.1 Å². The summed E-state index contributed by atoms with van der Waals surface area (Å²) in [5.74, 6) is 0.194. The lowest BCUT2D eigenvalue weighted by atomic mass is 9.80. The fourth-order valence-electron chi connectivity index (χ4n) is 5.64. The lowest BCUT2D eigenvalue weighted by Gasteiger charge is -2.52. The molecule has 210 valence electrons. The number of aromatic carboxylic acids is 1. The van der Waals surface area contributed by atoms with Gasteiger partial charge in [-0.1, -0.05) is 51.5 Å². The second-order valence-electron chi connectivity index (χ2n) is 11.2. The Bertz CT molecular complexity index is 1160. The number of hydrogen-bond acceptors (Lipinski definition) is 5. The van der Waals surface area contributed by atoms with Crippen LogP contribution in [0.3, 0.4) is 0 Å². The van der Waals surface area contributed by atoms with Crippen LogP contribution in [0.25, 0.3) is 0 Å². The van der Waals surface area contributed by atoms with Crippen molar-refractivity contribution in [2.45, 2.75) is 77.6 Å². The first kappa shape index (κ1) is 28.6. The van der Waals surface area contributed by atoms with Crippen molar-refractivity contribution in [3.05, 3.63) is 65.2 Å². The van der Waals surface area contributed by atoms with Crippen LogP contribution in [0.5, 0.6) is 5.75 Å². The fraction of sp³-hybridized carbons (Fsp3) is 0.516. The molecule has 1 spiro atoms. The molecule has 2 N–H and O–H groups in total. The van der Waals surface area contributed by atoms with Crippen molar-refractivity contribution in [1.29, 1.82) is 0 Å². The van der Waals surface area contributed by atoms with Gasteiger partial charge in [0.2, 0.25) is 11.8 Å². The number of benzene rings is 2. The third-order valence-corrected chi connectivity index (χ3v) is 7.84. The highest BCUT2D eigenvalue weighted by atomic mass is 16.5. The molecular weight excluding hydrogens is 494 g/mol. The molecule has 2 heterocycles. The van der Waals surface area contributed by atoms with Gasteiger partial charge in [-0.25, -0.2) is 4.79 Å². The first-order valence-electron chi connectivity index (χ1n) is 14.1. The van der Waals surface area contributed by atoms with Gasteiger partial charge in [-0.3, -0.25) is 14.5 Å². The van der Waals surface area contributed by atoms with Crippen molar-refractivity contribution >= 4 is 17.8 Å². The quantitative estimate of drug-likeness (QED) is 0.441. The summed E-state index contributed by atoms with van der Waals surface area (Å²) in [6, 6.07) is 14.3. The number of likely N-dealkylation sites (tertiary alicyclic amines) is 1. The highest BCUT2D eigenvalue weighted by Crippen LogP contribution is 2.34. The molecule has 2 aromatic carbocycles. The number of hydrogen-bond donors (Lipinski definition) is 2. The van der Waals surface area contributed by atoms with Gasteiger partial charge in [-0.2, -0.15) is 0 Å². The van der Waals surface area contributed by atoms with Crippen LogP contribution in [0.15, 0.2) is 48.5 Å². The van der Waals surface area contributed by atoms with E-state index in [1.54, 1.807) is 18.2 Å². The molecule has 0 saturated carbocycles. The Hall–Kier alpha value is -3.39. The predicted octanol–water partition coefficient (Wildman–Crippen LogP) is 4.47. The second kappa shape index (κ2) is 12.6. The molecule has 2 amide bonds. The largest absolute Gasteiger partial charge is 0.489 e. The average Bonchev–Trinajstić information content (AvgIpc) is 2.92. The van der Waals surface area contributed by atoms with Gasteiger partial charge >= 0.3 is 5.97 Å². The van der Waals surface area contributed by atoms with Crippen LogP contribution in [0.4, 0.5) is 0 Å². The number of nitrogens with zero attached hydrogens (tertiary/aromatic N) is 2. The van der Waals surface area contributed by atoms with Gasteiger partial charge in [0.05, 0.1) is 5.56 Å². The number of piperidine rings is 1. The van der Waals surface area contributed by atoms with Crippen LogP contribution >= 0.6 is 0 Å². The minimum Gasteiger partial charge on any atom is -0.489 e. The second-order valence-corrected chi connectivity index (χ2v) is 11.2. The minimum atomic E-state index is -0.954. The number of amides is 2. The fourth-order valence-corrected chi connectivity index (χ4v) is 5.64. The molecule has 0 bridgehead atoms. The summed E-state index contributed by atoms with van der Waals surface area (Å²) >= 11 is 0. The molecule has 39 heavy (non-hydrogen) atoms. The van der Waals surface area contributed by atoms with Gasteiger partial charge in [-0.15, -0.1) is 0 Å². The molecule has 0 unspecified atom stereocenters. The van der Waals surface area contributed by atoms with Crippen LogP contribution in [0, 0.1) is 5.92 Å². The molecule has 2 saturated heterocycles. The summed E-state index contributed by atoms with van der Waals surface area (Å²) in [6.07, 6.45) is 3.83. The monoisotopic (exact) mass is 535 g/mol. The van der Waals surface area contributed by atoms with E-state index in [4.69, 9.17) is 9.84 Å². The van der Waals surface area contributed by atoms with Crippen LogP contribution in [0.1, 0.15) is 74.4 Å². The summed E-state index contributed by atoms with van der Waals surface area (Å²) in [4.78, 5) is 42.3. The van der Waals surface area contributed by atoms with E-state index >= 15 is 0 Å².